The molecule has 2 fully saturated rings. The summed E-state index contributed by atoms with van der Waals surface area (Å²) in [5, 5.41) is 0. The van der Waals surface area contributed by atoms with Gasteiger partial charge in [0.25, 0.3) is 0 Å². The molecule has 1 amide bonds. The second-order valence-corrected chi connectivity index (χ2v) is 5.20. The molecule has 0 N–H and O–H groups in total. The van der Waals surface area contributed by atoms with Gasteiger partial charge in [-0.05, 0) is 12.8 Å². The summed E-state index contributed by atoms with van der Waals surface area (Å²) in [4.78, 5) is 16.1. The lowest BCUT2D eigenvalue weighted by Gasteiger charge is -2.27. The lowest BCUT2D eigenvalue weighted by molar-refractivity contribution is -0.131. The molecule has 0 aromatic rings. The van der Waals surface area contributed by atoms with Crippen LogP contribution in [0, 0.1) is 0 Å². The summed E-state index contributed by atoms with van der Waals surface area (Å²) in [5.74, 6) is 2.72. The molecule has 0 radical (unpaired) electrons. The summed E-state index contributed by atoms with van der Waals surface area (Å²) < 4.78 is 0. The number of hydrogen-bond acceptors (Lipinski definition) is 3. The predicted molar refractivity (Wildman–Crippen MR) is 59.6 cm³/mol. The van der Waals surface area contributed by atoms with Crippen molar-refractivity contribution in [3.63, 3.8) is 0 Å². The number of thioether (sulfide) groups is 1. The largest absolute Gasteiger partial charge is 0.342 e. The second kappa shape index (κ2) is 5.03. The zero-order chi connectivity index (χ0) is 9.80. The van der Waals surface area contributed by atoms with Crippen molar-refractivity contribution in [2.24, 2.45) is 0 Å². The van der Waals surface area contributed by atoms with Crippen LogP contribution in [0.1, 0.15) is 12.8 Å². The van der Waals surface area contributed by atoms with Gasteiger partial charge in [-0.15, -0.1) is 0 Å². The van der Waals surface area contributed by atoms with Gasteiger partial charge in [0.15, 0.2) is 0 Å². The summed E-state index contributed by atoms with van der Waals surface area (Å²) in [7, 11) is 0. The molecule has 3 nitrogen and oxygen atoms in total. The Balaban J connectivity index is 1.75. The molecule has 0 aromatic heterocycles. The smallest absolute Gasteiger partial charge is 0.236 e. The van der Waals surface area contributed by atoms with E-state index in [9.17, 15) is 4.79 Å². The Bertz CT molecular complexity index is 198. The van der Waals surface area contributed by atoms with Gasteiger partial charge in [-0.3, -0.25) is 9.69 Å². The number of amides is 1. The monoisotopic (exact) mass is 214 g/mol. The lowest BCUT2D eigenvalue weighted by Crippen LogP contribution is -2.42. The molecule has 0 aliphatic carbocycles. The summed E-state index contributed by atoms with van der Waals surface area (Å²) in [6.45, 7) is 4.80. The highest BCUT2D eigenvalue weighted by Crippen LogP contribution is 2.11. The molecule has 0 atom stereocenters. The maximum atomic E-state index is 11.8. The zero-order valence-electron chi connectivity index (χ0n) is 8.57. The van der Waals surface area contributed by atoms with Crippen molar-refractivity contribution < 1.29 is 4.79 Å². The van der Waals surface area contributed by atoms with Crippen molar-refractivity contribution in [3.8, 4) is 0 Å². The molecule has 2 aliphatic heterocycles. The Labute approximate surface area is 89.8 Å². The van der Waals surface area contributed by atoms with Gasteiger partial charge in [-0.1, -0.05) is 0 Å². The number of likely N-dealkylation sites (tertiary alicyclic amines) is 1. The minimum absolute atomic E-state index is 0.342. The van der Waals surface area contributed by atoms with Crippen LogP contribution in [0.4, 0.5) is 0 Å². The van der Waals surface area contributed by atoms with Crippen molar-refractivity contribution in [2.45, 2.75) is 12.8 Å². The first-order chi connectivity index (χ1) is 6.86. The number of nitrogens with zero attached hydrogens (tertiary/aromatic N) is 2. The lowest BCUT2D eigenvalue weighted by atomic mass is 10.4. The molecule has 2 rings (SSSR count). The summed E-state index contributed by atoms with van der Waals surface area (Å²) in [6.07, 6.45) is 2.39. The van der Waals surface area contributed by atoms with E-state index >= 15 is 0 Å². The van der Waals surface area contributed by atoms with Crippen molar-refractivity contribution in [1.29, 1.82) is 0 Å². The number of hydrogen-bond donors (Lipinski definition) is 0. The highest BCUT2D eigenvalue weighted by atomic mass is 32.2. The zero-order valence-corrected chi connectivity index (χ0v) is 9.39. The molecule has 0 unspecified atom stereocenters. The van der Waals surface area contributed by atoms with Gasteiger partial charge in [0, 0.05) is 37.7 Å². The Kier molecular flexibility index (Phi) is 3.70. The van der Waals surface area contributed by atoms with E-state index in [1.54, 1.807) is 0 Å². The molecular formula is C10H18N2OS. The van der Waals surface area contributed by atoms with E-state index < -0.39 is 0 Å². The van der Waals surface area contributed by atoms with E-state index in [2.05, 4.69) is 4.90 Å². The van der Waals surface area contributed by atoms with Crippen molar-refractivity contribution >= 4 is 17.7 Å². The van der Waals surface area contributed by atoms with Crippen LogP contribution in [0.25, 0.3) is 0 Å². The molecule has 0 aromatic carbocycles. The first-order valence-electron chi connectivity index (χ1n) is 5.44. The van der Waals surface area contributed by atoms with E-state index in [1.807, 2.05) is 16.7 Å². The fourth-order valence-corrected chi connectivity index (χ4v) is 3.00. The van der Waals surface area contributed by atoms with Crippen LogP contribution in [-0.2, 0) is 4.79 Å². The standard InChI is InChI=1S/C10H18N2OS/c13-10(12-3-1-2-4-12)9-11-5-7-14-8-6-11/h1-9H2. The molecule has 2 heterocycles. The van der Waals surface area contributed by atoms with Gasteiger partial charge in [0.05, 0.1) is 6.54 Å². The maximum Gasteiger partial charge on any atom is 0.236 e. The van der Waals surface area contributed by atoms with Crippen LogP contribution < -0.4 is 0 Å². The number of rotatable bonds is 2. The molecule has 2 aliphatic rings. The van der Waals surface area contributed by atoms with Crippen LogP contribution in [0.5, 0.6) is 0 Å². The topological polar surface area (TPSA) is 23.6 Å². The SMILES string of the molecule is O=C(CN1CCSCC1)N1CCCC1. The van der Waals surface area contributed by atoms with Crippen LogP contribution >= 0.6 is 11.8 Å². The van der Waals surface area contributed by atoms with Gasteiger partial charge in [-0.25, -0.2) is 0 Å². The van der Waals surface area contributed by atoms with Crippen LogP contribution in [0.2, 0.25) is 0 Å². The number of carbonyl (C=O) groups is 1. The number of carbonyl (C=O) groups excluding carboxylic acids is 1. The minimum atomic E-state index is 0.342. The van der Waals surface area contributed by atoms with Gasteiger partial charge in [-0.2, -0.15) is 11.8 Å². The van der Waals surface area contributed by atoms with Gasteiger partial charge in [0.2, 0.25) is 5.91 Å². The average molecular weight is 214 g/mol. The third-order valence-corrected chi connectivity index (χ3v) is 3.86. The molecule has 4 heteroatoms. The van der Waals surface area contributed by atoms with Crippen LogP contribution in [0.3, 0.4) is 0 Å². The Morgan fingerprint density at radius 2 is 1.71 bits per heavy atom. The highest BCUT2D eigenvalue weighted by molar-refractivity contribution is 7.99. The third kappa shape index (κ3) is 2.64. The molecule has 0 bridgehead atoms. The minimum Gasteiger partial charge on any atom is -0.342 e. The summed E-state index contributed by atoms with van der Waals surface area (Å²) in [6, 6.07) is 0. The van der Waals surface area contributed by atoms with Gasteiger partial charge < -0.3 is 4.90 Å². The van der Waals surface area contributed by atoms with E-state index in [1.165, 1.54) is 24.3 Å². The van der Waals surface area contributed by atoms with E-state index in [-0.39, 0.29) is 0 Å². The van der Waals surface area contributed by atoms with E-state index in [0.717, 1.165) is 26.2 Å². The molecule has 80 valence electrons. The Morgan fingerprint density at radius 3 is 2.36 bits per heavy atom. The van der Waals surface area contributed by atoms with Crippen LogP contribution in [-0.4, -0.2) is 59.9 Å². The first kappa shape index (κ1) is 10.3. The molecule has 0 spiro atoms. The quantitative estimate of drug-likeness (QED) is 0.674. The first-order valence-corrected chi connectivity index (χ1v) is 6.59. The van der Waals surface area contributed by atoms with Crippen molar-refractivity contribution in [1.82, 2.24) is 9.80 Å². The molecule has 0 saturated carbocycles. The van der Waals surface area contributed by atoms with Gasteiger partial charge >= 0.3 is 0 Å². The van der Waals surface area contributed by atoms with Crippen molar-refractivity contribution in [2.75, 3.05) is 44.2 Å². The van der Waals surface area contributed by atoms with Crippen LogP contribution in [0.15, 0.2) is 0 Å². The third-order valence-electron chi connectivity index (χ3n) is 2.92. The van der Waals surface area contributed by atoms with E-state index in [4.69, 9.17) is 0 Å². The van der Waals surface area contributed by atoms with Crippen molar-refractivity contribution in [3.05, 3.63) is 0 Å². The van der Waals surface area contributed by atoms with E-state index in [0.29, 0.717) is 12.5 Å². The predicted octanol–water partition coefficient (Wildman–Crippen LogP) is 0.658. The fraction of sp³-hybridized carbons (Fsp3) is 0.900. The average Bonchev–Trinajstić information content (AvgIpc) is 2.72. The Hall–Kier alpha value is -0.220. The maximum absolute atomic E-state index is 11.8. The summed E-state index contributed by atoms with van der Waals surface area (Å²) >= 11 is 1.99. The molecular weight excluding hydrogens is 196 g/mol. The molecule has 2 saturated heterocycles. The second-order valence-electron chi connectivity index (χ2n) is 3.98. The van der Waals surface area contributed by atoms with Gasteiger partial charge in [0.1, 0.15) is 0 Å². The summed E-state index contributed by atoms with van der Waals surface area (Å²) in [5.41, 5.74) is 0. The normalized spacial score (nSPS) is 24.1. The highest BCUT2D eigenvalue weighted by Gasteiger charge is 2.21. The fourth-order valence-electron chi connectivity index (χ4n) is 2.02. The molecule has 14 heavy (non-hydrogen) atoms. The Morgan fingerprint density at radius 1 is 1.07 bits per heavy atom.